The normalized spacial score (nSPS) is 27.6. The standard InChI is InChI=1S/C18H23ClN2O2S/c19-14-7-12(9-16-17(14)23-5-1-4-22-16)10-20-18(24)21-15-8-11-2-3-13(15)6-11/h7,9,11,13,15H,1-6,8,10H2,(H2,20,21,24)/t11-,13-,15+/m0/s1. The third-order valence-electron chi connectivity index (χ3n) is 5.37. The Balaban J connectivity index is 1.34. The highest BCUT2D eigenvalue weighted by molar-refractivity contribution is 7.80. The number of benzene rings is 1. The summed E-state index contributed by atoms with van der Waals surface area (Å²) < 4.78 is 11.4. The van der Waals surface area contributed by atoms with Crippen LogP contribution in [0.4, 0.5) is 0 Å². The molecule has 2 aliphatic carbocycles. The number of hydrogen-bond acceptors (Lipinski definition) is 3. The monoisotopic (exact) mass is 366 g/mol. The van der Waals surface area contributed by atoms with Crippen LogP contribution in [0.15, 0.2) is 12.1 Å². The topological polar surface area (TPSA) is 42.5 Å². The number of fused-ring (bicyclic) bond motifs is 3. The maximum atomic E-state index is 6.33. The smallest absolute Gasteiger partial charge is 0.179 e. The van der Waals surface area contributed by atoms with E-state index >= 15 is 0 Å². The molecule has 0 spiro atoms. The Morgan fingerprint density at radius 3 is 2.88 bits per heavy atom. The van der Waals surface area contributed by atoms with Gasteiger partial charge in [-0.25, -0.2) is 0 Å². The maximum Gasteiger partial charge on any atom is 0.179 e. The van der Waals surface area contributed by atoms with Gasteiger partial charge in [-0.15, -0.1) is 0 Å². The molecule has 24 heavy (non-hydrogen) atoms. The fourth-order valence-electron chi connectivity index (χ4n) is 4.21. The van der Waals surface area contributed by atoms with Crippen LogP contribution in [0.25, 0.3) is 0 Å². The molecule has 1 aromatic rings. The quantitative estimate of drug-likeness (QED) is 0.799. The Bertz CT molecular complexity index is 640. The molecule has 2 N–H and O–H groups in total. The van der Waals surface area contributed by atoms with Crippen LogP contribution in [-0.4, -0.2) is 24.4 Å². The number of hydrogen-bond donors (Lipinski definition) is 2. The summed E-state index contributed by atoms with van der Waals surface area (Å²) in [5.74, 6) is 3.10. The van der Waals surface area contributed by atoms with Crippen molar-refractivity contribution >= 4 is 28.9 Å². The number of ether oxygens (including phenoxy) is 2. The predicted molar refractivity (Wildman–Crippen MR) is 98.9 cm³/mol. The van der Waals surface area contributed by atoms with Crippen molar-refractivity contribution in [3.05, 3.63) is 22.7 Å². The summed E-state index contributed by atoms with van der Waals surface area (Å²) in [6.07, 6.45) is 6.26. The van der Waals surface area contributed by atoms with Gasteiger partial charge in [0.15, 0.2) is 16.6 Å². The van der Waals surface area contributed by atoms with Crippen LogP contribution in [0, 0.1) is 11.8 Å². The van der Waals surface area contributed by atoms with Crippen molar-refractivity contribution in [3.8, 4) is 11.5 Å². The van der Waals surface area contributed by atoms with E-state index in [1.54, 1.807) is 0 Å². The highest BCUT2D eigenvalue weighted by Gasteiger charge is 2.39. The van der Waals surface area contributed by atoms with Crippen LogP contribution in [0.1, 0.15) is 37.7 Å². The first-order valence-corrected chi connectivity index (χ1v) is 9.60. The Hall–Kier alpha value is -1.20. The number of halogens is 1. The number of rotatable bonds is 3. The maximum absolute atomic E-state index is 6.33. The van der Waals surface area contributed by atoms with E-state index in [2.05, 4.69) is 10.6 Å². The van der Waals surface area contributed by atoms with Gasteiger partial charge < -0.3 is 20.1 Å². The first-order valence-electron chi connectivity index (χ1n) is 8.81. The molecular weight excluding hydrogens is 344 g/mol. The van der Waals surface area contributed by atoms with Crippen LogP contribution in [-0.2, 0) is 6.54 Å². The van der Waals surface area contributed by atoms with Crippen molar-refractivity contribution in [1.29, 1.82) is 0 Å². The fraction of sp³-hybridized carbons (Fsp3) is 0.611. The lowest BCUT2D eigenvalue weighted by Gasteiger charge is -2.24. The second-order valence-corrected chi connectivity index (χ2v) is 7.88. The summed E-state index contributed by atoms with van der Waals surface area (Å²) in [5, 5.41) is 8.13. The summed E-state index contributed by atoms with van der Waals surface area (Å²) in [7, 11) is 0. The zero-order valence-corrected chi connectivity index (χ0v) is 15.2. The van der Waals surface area contributed by atoms with Crippen molar-refractivity contribution in [2.45, 2.75) is 44.7 Å². The Kier molecular flexibility index (Phi) is 4.72. The second kappa shape index (κ2) is 6.96. The van der Waals surface area contributed by atoms with E-state index < -0.39 is 0 Å². The van der Waals surface area contributed by atoms with Crippen LogP contribution >= 0.6 is 23.8 Å². The van der Waals surface area contributed by atoms with Gasteiger partial charge in [-0.1, -0.05) is 18.0 Å². The largest absolute Gasteiger partial charge is 0.489 e. The van der Waals surface area contributed by atoms with E-state index in [1.165, 1.54) is 25.7 Å². The van der Waals surface area contributed by atoms with Crippen molar-refractivity contribution in [1.82, 2.24) is 10.6 Å². The molecule has 2 fully saturated rings. The lowest BCUT2D eigenvalue weighted by atomic mass is 9.96. The average Bonchev–Trinajstić information content (AvgIpc) is 3.09. The SMILES string of the molecule is S=C(NCc1cc(Cl)c2c(c1)OCCCO2)N[C@@H]1C[C@H]2CC[C@H]1C2. The molecule has 2 bridgehead atoms. The average molecular weight is 367 g/mol. The van der Waals surface area contributed by atoms with Gasteiger partial charge >= 0.3 is 0 Å². The van der Waals surface area contributed by atoms with Crippen LogP contribution in [0.3, 0.4) is 0 Å². The van der Waals surface area contributed by atoms with E-state index in [4.69, 9.17) is 33.3 Å². The van der Waals surface area contributed by atoms with Gasteiger partial charge in [-0.2, -0.15) is 0 Å². The zero-order chi connectivity index (χ0) is 16.5. The molecule has 0 unspecified atom stereocenters. The minimum atomic E-state index is 0.552. The number of nitrogens with one attached hydrogen (secondary N) is 2. The summed E-state index contributed by atoms with van der Waals surface area (Å²) in [4.78, 5) is 0. The van der Waals surface area contributed by atoms with E-state index in [0.717, 1.165) is 34.7 Å². The molecular formula is C18H23ClN2O2S. The van der Waals surface area contributed by atoms with Crippen molar-refractivity contribution in [2.24, 2.45) is 11.8 Å². The summed E-state index contributed by atoms with van der Waals surface area (Å²) in [6, 6.07) is 4.46. The molecule has 0 saturated heterocycles. The fourth-order valence-corrected chi connectivity index (χ4v) is 4.72. The number of thiocarbonyl (C=S) groups is 1. The van der Waals surface area contributed by atoms with E-state index in [0.29, 0.717) is 36.6 Å². The van der Waals surface area contributed by atoms with Gasteiger partial charge in [0, 0.05) is 19.0 Å². The predicted octanol–water partition coefficient (Wildman–Crippen LogP) is 3.65. The molecule has 4 rings (SSSR count). The van der Waals surface area contributed by atoms with Crippen molar-refractivity contribution in [3.63, 3.8) is 0 Å². The first kappa shape index (κ1) is 16.3. The van der Waals surface area contributed by atoms with Crippen molar-refractivity contribution in [2.75, 3.05) is 13.2 Å². The van der Waals surface area contributed by atoms with E-state index in [9.17, 15) is 0 Å². The molecule has 130 valence electrons. The van der Waals surface area contributed by atoms with Crippen molar-refractivity contribution < 1.29 is 9.47 Å². The Morgan fingerprint density at radius 1 is 1.21 bits per heavy atom. The molecule has 3 atom stereocenters. The molecule has 1 aromatic carbocycles. The third-order valence-corrected chi connectivity index (χ3v) is 5.91. The molecule has 0 amide bonds. The second-order valence-electron chi connectivity index (χ2n) is 7.06. The molecule has 1 aliphatic heterocycles. The van der Waals surface area contributed by atoms with Crippen LogP contribution < -0.4 is 20.1 Å². The van der Waals surface area contributed by atoms with Crippen LogP contribution in [0.2, 0.25) is 5.02 Å². The zero-order valence-electron chi connectivity index (χ0n) is 13.6. The molecule has 1 heterocycles. The van der Waals surface area contributed by atoms with Gasteiger partial charge in [-0.05, 0) is 61.0 Å². The third kappa shape index (κ3) is 3.42. The Morgan fingerprint density at radius 2 is 2.08 bits per heavy atom. The highest BCUT2D eigenvalue weighted by Crippen LogP contribution is 2.44. The highest BCUT2D eigenvalue weighted by atomic mass is 35.5. The minimum Gasteiger partial charge on any atom is -0.489 e. The molecule has 6 heteroatoms. The Labute approximate surface area is 153 Å². The molecule has 3 aliphatic rings. The van der Waals surface area contributed by atoms with Gasteiger partial charge in [-0.3, -0.25) is 0 Å². The molecule has 4 nitrogen and oxygen atoms in total. The van der Waals surface area contributed by atoms with Gasteiger partial charge in [0.05, 0.1) is 18.2 Å². The lowest BCUT2D eigenvalue weighted by Crippen LogP contribution is -2.43. The van der Waals surface area contributed by atoms with Gasteiger partial charge in [0.25, 0.3) is 0 Å². The first-order chi connectivity index (χ1) is 11.7. The minimum absolute atomic E-state index is 0.552. The van der Waals surface area contributed by atoms with E-state index in [-0.39, 0.29) is 0 Å². The van der Waals surface area contributed by atoms with Crippen LogP contribution in [0.5, 0.6) is 11.5 Å². The molecule has 0 aromatic heterocycles. The summed E-state index contributed by atoms with van der Waals surface area (Å²) in [5.41, 5.74) is 1.04. The summed E-state index contributed by atoms with van der Waals surface area (Å²) >= 11 is 11.8. The molecule has 0 radical (unpaired) electrons. The van der Waals surface area contributed by atoms with Gasteiger partial charge in [0.2, 0.25) is 0 Å². The summed E-state index contributed by atoms with van der Waals surface area (Å²) in [6.45, 7) is 1.93. The lowest BCUT2D eigenvalue weighted by molar-refractivity contribution is 0.297. The van der Waals surface area contributed by atoms with Gasteiger partial charge in [0.1, 0.15) is 0 Å². The molecule has 2 saturated carbocycles. The van der Waals surface area contributed by atoms with E-state index in [1.807, 2.05) is 12.1 Å².